The molecule has 5 atom stereocenters. The molecule has 4 N–H and O–H groups in total. The number of fused-ring (bicyclic) bond motifs is 2. The van der Waals surface area contributed by atoms with E-state index in [1.54, 1.807) is 38.2 Å². The number of Topliss-reactive ketones (excluding diaryl/α,β-unsaturated/α-hetero) is 1. The molecule has 1 aliphatic carbocycles. The van der Waals surface area contributed by atoms with Crippen molar-refractivity contribution in [3.8, 4) is 0 Å². The topological polar surface area (TPSA) is 116 Å². The molecule has 176 valence electrons. The number of ketones is 1. The first kappa shape index (κ1) is 25.8. The number of aliphatic hydroxyl groups is 3. The lowest BCUT2D eigenvalue weighted by Gasteiger charge is -2.22. The van der Waals surface area contributed by atoms with Gasteiger partial charge in [-0.3, -0.25) is 9.59 Å². The van der Waals surface area contributed by atoms with Crippen LogP contribution in [0.5, 0.6) is 0 Å². The van der Waals surface area contributed by atoms with Gasteiger partial charge in [0.1, 0.15) is 11.9 Å². The number of allylic oxidation sites excluding steroid dienone is 6. The number of hydrogen-bond donors (Lipinski definition) is 4. The number of carbonyl (C=O) groups excluding carboxylic acids is 2. The maximum Gasteiger partial charge on any atom is 0.227 e. The molecule has 1 amide bonds. The van der Waals surface area contributed by atoms with Crippen LogP contribution >= 0.6 is 0 Å². The molecule has 32 heavy (non-hydrogen) atoms. The second-order valence-electron chi connectivity index (χ2n) is 8.76. The first-order valence-electron chi connectivity index (χ1n) is 10.9. The van der Waals surface area contributed by atoms with Crippen molar-refractivity contribution in [3.05, 3.63) is 59.1 Å². The molecule has 7 nitrogen and oxygen atoms in total. The molecule has 0 saturated heterocycles. The third-order valence-corrected chi connectivity index (χ3v) is 5.78. The molecule has 2 rings (SSSR count). The van der Waals surface area contributed by atoms with Crippen LogP contribution in [0, 0.1) is 11.8 Å². The van der Waals surface area contributed by atoms with E-state index in [2.05, 4.69) is 5.32 Å². The van der Waals surface area contributed by atoms with E-state index in [4.69, 9.17) is 4.74 Å². The lowest BCUT2D eigenvalue weighted by Crippen LogP contribution is -2.30. The second kappa shape index (κ2) is 11.9. The molecular formula is C25H35NO6. The Morgan fingerprint density at radius 3 is 2.47 bits per heavy atom. The number of ether oxygens (including phenoxy) is 1. The molecule has 1 unspecified atom stereocenters. The minimum absolute atomic E-state index is 0.00411. The van der Waals surface area contributed by atoms with Crippen LogP contribution in [0.1, 0.15) is 46.5 Å². The van der Waals surface area contributed by atoms with E-state index in [1.165, 1.54) is 13.2 Å². The number of nitrogens with one attached hydrogen (secondary N) is 1. The lowest BCUT2D eigenvalue weighted by molar-refractivity contribution is -0.128. The van der Waals surface area contributed by atoms with Crippen LogP contribution in [-0.2, 0) is 14.3 Å². The summed E-state index contributed by atoms with van der Waals surface area (Å²) in [6, 6.07) is 0. The van der Waals surface area contributed by atoms with E-state index in [0.717, 1.165) is 5.57 Å². The summed E-state index contributed by atoms with van der Waals surface area (Å²) in [6.45, 7) is 5.39. The lowest BCUT2D eigenvalue weighted by atomic mass is 9.91. The van der Waals surface area contributed by atoms with Gasteiger partial charge in [0.15, 0.2) is 5.78 Å². The predicted molar refractivity (Wildman–Crippen MR) is 123 cm³/mol. The van der Waals surface area contributed by atoms with E-state index in [-0.39, 0.29) is 36.2 Å². The summed E-state index contributed by atoms with van der Waals surface area (Å²) < 4.78 is 5.28. The Labute approximate surface area is 189 Å². The largest absolute Gasteiger partial charge is 0.508 e. The Morgan fingerprint density at radius 2 is 1.78 bits per heavy atom. The van der Waals surface area contributed by atoms with Gasteiger partial charge in [0, 0.05) is 25.1 Å². The van der Waals surface area contributed by atoms with Crippen LogP contribution in [-0.4, -0.2) is 52.4 Å². The van der Waals surface area contributed by atoms with Crippen molar-refractivity contribution < 1.29 is 29.6 Å². The fourth-order valence-electron chi connectivity index (χ4n) is 3.92. The SMILES string of the molecule is CO[C@@H]1/C=C/C=C(\C)CC2C=C(O)C=C(C2)NC(=O)C[C@H](O)/C(C)=C/[C@H](C)[C@@H](O)CC1=O. The van der Waals surface area contributed by atoms with E-state index in [1.807, 2.05) is 13.0 Å². The smallest absolute Gasteiger partial charge is 0.227 e. The minimum atomic E-state index is -1.02. The molecule has 7 heteroatoms. The molecule has 1 aliphatic heterocycles. The summed E-state index contributed by atoms with van der Waals surface area (Å²) in [5.41, 5.74) is 2.18. The zero-order valence-corrected chi connectivity index (χ0v) is 19.2. The Balaban J connectivity index is 2.31. The Kier molecular flexibility index (Phi) is 9.62. The van der Waals surface area contributed by atoms with Crippen LogP contribution in [0.4, 0.5) is 0 Å². The molecule has 0 aromatic heterocycles. The molecule has 0 saturated carbocycles. The van der Waals surface area contributed by atoms with E-state index in [9.17, 15) is 24.9 Å². The van der Waals surface area contributed by atoms with Crippen molar-refractivity contribution in [1.29, 1.82) is 0 Å². The zero-order valence-electron chi connectivity index (χ0n) is 19.2. The van der Waals surface area contributed by atoms with E-state index in [0.29, 0.717) is 24.1 Å². The Morgan fingerprint density at radius 1 is 1.06 bits per heavy atom. The summed E-state index contributed by atoms with van der Waals surface area (Å²) in [6.07, 6.45) is 8.50. The molecule has 2 bridgehead atoms. The third kappa shape index (κ3) is 7.89. The average molecular weight is 446 g/mol. The van der Waals surface area contributed by atoms with Crippen molar-refractivity contribution in [2.45, 2.75) is 64.8 Å². The van der Waals surface area contributed by atoms with Gasteiger partial charge in [0.25, 0.3) is 0 Å². The number of rotatable bonds is 1. The van der Waals surface area contributed by atoms with Crippen molar-refractivity contribution in [1.82, 2.24) is 5.32 Å². The van der Waals surface area contributed by atoms with Gasteiger partial charge in [-0.1, -0.05) is 30.7 Å². The van der Waals surface area contributed by atoms with E-state index < -0.39 is 24.2 Å². The Bertz CT molecular complexity index is 850. The molecule has 0 aromatic rings. The number of hydrogen-bond acceptors (Lipinski definition) is 6. The van der Waals surface area contributed by atoms with Crippen molar-refractivity contribution in [2.24, 2.45) is 11.8 Å². The zero-order chi connectivity index (χ0) is 23.8. The first-order chi connectivity index (χ1) is 15.1. The van der Waals surface area contributed by atoms with Crippen molar-refractivity contribution >= 4 is 11.7 Å². The average Bonchev–Trinajstić information content (AvgIpc) is 2.69. The second-order valence-corrected chi connectivity index (χ2v) is 8.76. The molecular weight excluding hydrogens is 410 g/mol. The van der Waals surface area contributed by atoms with Gasteiger partial charge in [0.05, 0.1) is 18.6 Å². The van der Waals surface area contributed by atoms with Crippen LogP contribution in [0.3, 0.4) is 0 Å². The highest BCUT2D eigenvalue weighted by Gasteiger charge is 2.23. The maximum absolute atomic E-state index is 12.6. The molecule has 0 aromatic carbocycles. The monoisotopic (exact) mass is 445 g/mol. The highest BCUT2D eigenvalue weighted by molar-refractivity contribution is 5.85. The highest BCUT2D eigenvalue weighted by atomic mass is 16.5. The predicted octanol–water partition coefficient (Wildman–Crippen LogP) is 3.02. The highest BCUT2D eigenvalue weighted by Crippen LogP contribution is 2.26. The van der Waals surface area contributed by atoms with Crippen LogP contribution < -0.4 is 5.32 Å². The van der Waals surface area contributed by atoms with Crippen molar-refractivity contribution in [3.63, 3.8) is 0 Å². The fraction of sp³-hybridized carbons (Fsp3) is 0.520. The number of aliphatic hydroxyl groups excluding tert-OH is 3. The summed E-state index contributed by atoms with van der Waals surface area (Å²) in [7, 11) is 1.45. The molecule has 0 fully saturated rings. The van der Waals surface area contributed by atoms with Gasteiger partial charge in [-0.2, -0.15) is 0 Å². The minimum Gasteiger partial charge on any atom is -0.508 e. The third-order valence-electron chi connectivity index (χ3n) is 5.78. The van der Waals surface area contributed by atoms with Gasteiger partial charge < -0.3 is 25.4 Å². The van der Waals surface area contributed by atoms with Crippen LogP contribution in [0.15, 0.2) is 59.1 Å². The Hall–Kier alpha value is -2.48. The maximum atomic E-state index is 12.6. The van der Waals surface area contributed by atoms with Gasteiger partial charge in [-0.15, -0.1) is 0 Å². The number of amides is 1. The quantitative estimate of drug-likeness (QED) is 0.461. The summed E-state index contributed by atoms with van der Waals surface area (Å²) >= 11 is 0. The van der Waals surface area contributed by atoms with E-state index >= 15 is 0 Å². The van der Waals surface area contributed by atoms with Gasteiger partial charge in [0.2, 0.25) is 5.91 Å². The van der Waals surface area contributed by atoms with Crippen LogP contribution in [0.2, 0.25) is 0 Å². The number of methoxy groups -OCH3 is 1. The van der Waals surface area contributed by atoms with Crippen molar-refractivity contribution in [2.75, 3.05) is 7.11 Å². The molecule has 2 aliphatic rings. The molecule has 0 radical (unpaired) electrons. The normalized spacial score (nSPS) is 35.5. The fourth-order valence-corrected chi connectivity index (χ4v) is 3.92. The molecule has 1 heterocycles. The summed E-state index contributed by atoms with van der Waals surface area (Å²) in [5, 5.41) is 33.8. The molecule has 0 spiro atoms. The first-order valence-corrected chi connectivity index (χ1v) is 10.9. The summed E-state index contributed by atoms with van der Waals surface area (Å²) in [4.78, 5) is 25.0. The standard InChI is InChI=1S/C25H35NO6/c1-15-6-5-7-24(32-4)23(30)13-21(28)16(2)9-17(3)22(29)14-25(31)26-19-10-18(8-15)11-20(27)12-19/h5-7,9,11-12,16,18,21-22,24,27-29H,8,10,13-14H2,1-4H3,(H,26,31)/b7-5+,15-6+,17-9+/t16-,18?,21-,22-,24+/m0/s1. The van der Waals surface area contributed by atoms with Gasteiger partial charge >= 0.3 is 0 Å². The van der Waals surface area contributed by atoms with Gasteiger partial charge in [-0.05, 0) is 56.4 Å². The summed E-state index contributed by atoms with van der Waals surface area (Å²) in [5.74, 6) is -0.900. The van der Waals surface area contributed by atoms with Crippen LogP contribution in [0.25, 0.3) is 0 Å². The number of carbonyl (C=O) groups is 2. The van der Waals surface area contributed by atoms with Gasteiger partial charge in [-0.25, -0.2) is 0 Å².